The number of rotatable bonds is 1. The molecular weight excluding hydrogens is 190 g/mol. The van der Waals surface area contributed by atoms with Crippen LogP contribution in [-0.4, -0.2) is 41.1 Å². The largest absolute Gasteiger partial charge is 0.480 e. The highest BCUT2D eigenvalue weighted by Gasteiger charge is 2.38. The highest BCUT2D eigenvalue weighted by atomic mass is 16.5. The van der Waals surface area contributed by atoms with Gasteiger partial charge >= 0.3 is 12.1 Å². The lowest BCUT2D eigenvalue weighted by Crippen LogP contribution is -2.51. The normalized spacial score (nSPS) is 21.9. The van der Waals surface area contributed by atoms with Crippen LogP contribution in [0.25, 0.3) is 0 Å². The van der Waals surface area contributed by atoms with E-state index < -0.39 is 24.0 Å². The molecule has 1 aliphatic heterocycles. The number of carbonyl (C=O) groups is 3. The molecule has 1 unspecified atom stereocenters. The van der Waals surface area contributed by atoms with Crippen molar-refractivity contribution in [2.24, 2.45) is 0 Å². The Balaban J connectivity index is 2.86. The minimum Gasteiger partial charge on any atom is -0.480 e. The minimum absolute atomic E-state index is 0.193. The summed E-state index contributed by atoms with van der Waals surface area (Å²) in [5.41, 5.74) is 0. The monoisotopic (exact) mass is 201 g/mol. The van der Waals surface area contributed by atoms with Crippen LogP contribution < -0.4 is 0 Å². The predicted octanol–water partition coefficient (Wildman–Crippen LogP) is 0.219. The lowest BCUT2D eigenvalue weighted by molar-refractivity contribution is -0.151. The number of aliphatic carboxylic acids is 1. The molecule has 6 nitrogen and oxygen atoms in total. The lowest BCUT2D eigenvalue weighted by Gasteiger charge is -2.29. The van der Waals surface area contributed by atoms with Crippen LogP contribution in [0.5, 0.6) is 0 Å². The van der Waals surface area contributed by atoms with Gasteiger partial charge < -0.3 is 9.84 Å². The molecule has 0 aromatic heterocycles. The molecule has 1 atom stereocenters. The van der Waals surface area contributed by atoms with E-state index in [0.29, 0.717) is 11.3 Å². The van der Waals surface area contributed by atoms with Crippen molar-refractivity contribution < 1.29 is 24.2 Å². The number of carboxylic acid groups (broad SMARTS) is 1. The summed E-state index contributed by atoms with van der Waals surface area (Å²) in [5.74, 6) is -1.67. The van der Waals surface area contributed by atoms with Crippen molar-refractivity contribution >= 4 is 18.0 Å². The van der Waals surface area contributed by atoms with E-state index in [-0.39, 0.29) is 12.8 Å². The molecule has 2 amide bonds. The molecule has 0 bridgehead atoms. The molecule has 1 aliphatic rings. The van der Waals surface area contributed by atoms with Crippen molar-refractivity contribution in [3.63, 3.8) is 0 Å². The number of imide groups is 1. The Morgan fingerprint density at radius 3 is 2.71 bits per heavy atom. The Morgan fingerprint density at radius 2 is 2.21 bits per heavy atom. The highest BCUT2D eigenvalue weighted by molar-refractivity contribution is 5.97. The smallest absolute Gasteiger partial charge is 0.417 e. The van der Waals surface area contributed by atoms with Crippen LogP contribution in [0, 0.1) is 0 Å². The number of carbonyl (C=O) groups excluding carboxylic acids is 2. The Hall–Kier alpha value is -1.59. The van der Waals surface area contributed by atoms with Gasteiger partial charge in [-0.1, -0.05) is 0 Å². The van der Waals surface area contributed by atoms with Gasteiger partial charge in [0.05, 0.1) is 7.11 Å². The van der Waals surface area contributed by atoms with Gasteiger partial charge in [-0.05, 0) is 12.8 Å². The molecule has 1 saturated heterocycles. The van der Waals surface area contributed by atoms with Crippen molar-refractivity contribution in [3.05, 3.63) is 0 Å². The molecule has 6 heteroatoms. The molecule has 1 heterocycles. The quantitative estimate of drug-likeness (QED) is 0.656. The minimum atomic E-state index is -1.18. The second-order valence-electron chi connectivity index (χ2n) is 2.98. The van der Waals surface area contributed by atoms with Gasteiger partial charge in [-0.25, -0.2) is 14.5 Å². The molecule has 1 rings (SSSR count). The second-order valence-corrected chi connectivity index (χ2v) is 2.98. The maximum atomic E-state index is 11.3. The summed E-state index contributed by atoms with van der Waals surface area (Å²) in [6.45, 7) is 0. The van der Waals surface area contributed by atoms with Crippen LogP contribution in [0.2, 0.25) is 0 Å². The molecule has 0 spiro atoms. The summed E-state index contributed by atoms with van der Waals surface area (Å²) in [6, 6.07) is -1.08. The number of hydrogen-bond donors (Lipinski definition) is 1. The third-order valence-corrected chi connectivity index (χ3v) is 2.10. The van der Waals surface area contributed by atoms with E-state index in [1.165, 1.54) is 0 Å². The second kappa shape index (κ2) is 4.08. The molecule has 0 saturated carbocycles. The third-order valence-electron chi connectivity index (χ3n) is 2.10. The SMILES string of the molecule is COC(=O)N1C(=O)CCCC1C(=O)O. The van der Waals surface area contributed by atoms with Crippen molar-refractivity contribution in [1.29, 1.82) is 0 Å². The molecule has 0 aromatic rings. The van der Waals surface area contributed by atoms with Gasteiger partial charge in [-0.3, -0.25) is 4.79 Å². The summed E-state index contributed by atoms with van der Waals surface area (Å²) in [7, 11) is 1.11. The van der Waals surface area contributed by atoms with Gasteiger partial charge in [-0.15, -0.1) is 0 Å². The van der Waals surface area contributed by atoms with Gasteiger partial charge in [0.1, 0.15) is 6.04 Å². The van der Waals surface area contributed by atoms with E-state index in [9.17, 15) is 14.4 Å². The molecular formula is C8H11NO5. The first-order chi connectivity index (χ1) is 6.57. The first-order valence-electron chi connectivity index (χ1n) is 4.20. The molecule has 14 heavy (non-hydrogen) atoms. The molecule has 78 valence electrons. The topological polar surface area (TPSA) is 83.9 Å². The van der Waals surface area contributed by atoms with Gasteiger partial charge in [0.15, 0.2) is 0 Å². The van der Waals surface area contributed by atoms with Crippen LogP contribution in [0.4, 0.5) is 4.79 Å². The maximum absolute atomic E-state index is 11.3. The number of ether oxygens (including phenoxy) is 1. The summed E-state index contributed by atoms with van der Waals surface area (Å²) >= 11 is 0. The Labute approximate surface area is 80.4 Å². The zero-order chi connectivity index (χ0) is 10.7. The Bertz CT molecular complexity index is 267. The van der Waals surface area contributed by atoms with Crippen LogP contribution in [0.3, 0.4) is 0 Å². The van der Waals surface area contributed by atoms with E-state index in [1.54, 1.807) is 0 Å². The van der Waals surface area contributed by atoms with Crippen molar-refractivity contribution in [2.75, 3.05) is 7.11 Å². The Morgan fingerprint density at radius 1 is 1.57 bits per heavy atom. The number of carboxylic acids is 1. The van der Waals surface area contributed by atoms with Crippen molar-refractivity contribution in [1.82, 2.24) is 4.90 Å². The van der Waals surface area contributed by atoms with E-state index >= 15 is 0 Å². The van der Waals surface area contributed by atoms with Gasteiger partial charge in [0, 0.05) is 6.42 Å². The van der Waals surface area contributed by atoms with Crippen LogP contribution in [0.15, 0.2) is 0 Å². The zero-order valence-electron chi connectivity index (χ0n) is 7.73. The summed E-state index contributed by atoms with van der Waals surface area (Å²) in [4.78, 5) is 33.8. The fraction of sp³-hybridized carbons (Fsp3) is 0.625. The molecule has 1 fully saturated rings. The van der Waals surface area contributed by atoms with Crippen LogP contribution >= 0.6 is 0 Å². The highest BCUT2D eigenvalue weighted by Crippen LogP contribution is 2.19. The maximum Gasteiger partial charge on any atom is 0.417 e. The standard InChI is InChI=1S/C8H11NO5/c1-14-8(13)9-5(7(11)12)3-2-4-6(9)10/h5H,2-4H2,1H3,(H,11,12). The predicted molar refractivity (Wildman–Crippen MR) is 44.5 cm³/mol. The number of hydrogen-bond acceptors (Lipinski definition) is 4. The summed E-state index contributed by atoms with van der Waals surface area (Å²) in [6.07, 6.45) is 0.0697. The number of piperidine rings is 1. The number of amides is 2. The lowest BCUT2D eigenvalue weighted by atomic mass is 10.0. The summed E-state index contributed by atoms with van der Waals surface area (Å²) < 4.78 is 4.34. The van der Waals surface area contributed by atoms with E-state index in [4.69, 9.17) is 5.11 Å². The number of methoxy groups -OCH3 is 1. The van der Waals surface area contributed by atoms with Crippen molar-refractivity contribution in [3.8, 4) is 0 Å². The number of likely N-dealkylation sites (tertiary alicyclic amines) is 1. The average molecular weight is 201 g/mol. The molecule has 0 radical (unpaired) electrons. The molecule has 1 N–H and O–H groups in total. The first-order valence-corrected chi connectivity index (χ1v) is 4.20. The van der Waals surface area contributed by atoms with E-state index in [1.807, 2.05) is 0 Å². The van der Waals surface area contributed by atoms with Gasteiger partial charge in [0.25, 0.3) is 0 Å². The molecule has 0 aliphatic carbocycles. The fourth-order valence-electron chi connectivity index (χ4n) is 1.43. The third kappa shape index (κ3) is 1.84. The Kier molecular flexibility index (Phi) is 3.06. The average Bonchev–Trinajstić information content (AvgIpc) is 2.16. The zero-order valence-corrected chi connectivity index (χ0v) is 7.73. The number of nitrogens with zero attached hydrogens (tertiary/aromatic N) is 1. The van der Waals surface area contributed by atoms with Gasteiger partial charge in [0.2, 0.25) is 5.91 Å². The molecule has 0 aromatic carbocycles. The fourth-order valence-corrected chi connectivity index (χ4v) is 1.43. The van der Waals surface area contributed by atoms with Crippen LogP contribution in [-0.2, 0) is 14.3 Å². The van der Waals surface area contributed by atoms with Gasteiger partial charge in [-0.2, -0.15) is 0 Å². The van der Waals surface area contributed by atoms with E-state index in [2.05, 4.69) is 4.74 Å². The van der Waals surface area contributed by atoms with Crippen molar-refractivity contribution in [2.45, 2.75) is 25.3 Å². The van der Waals surface area contributed by atoms with E-state index in [0.717, 1.165) is 7.11 Å². The van der Waals surface area contributed by atoms with Crippen LogP contribution in [0.1, 0.15) is 19.3 Å². The first kappa shape index (κ1) is 10.5. The summed E-state index contributed by atoms with van der Waals surface area (Å²) in [5, 5.41) is 8.77.